The van der Waals surface area contributed by atoms with E-state index in [0.717, 1.165) is 17.5 Å². The van der Waals surface area contributed by atoms with Crippen molar-refractivity contribution in [2.75, 3.05) is 6.26 Å². The maximum Gasteiger partial charge on any atom is 0.292 e. The predicted octanol–water partition coefficient (Wildman–Crippen LogP) is 2.10. The van der Waals surface area contributed by atoms with Crippen molar-refractivity contribution < 1.29 is 4.52 Å². The number of hydrogen-bond donors (Lipinski definition) is 0. The molecule has 0 saturated carbocycles. The van der Waals surface area contributed by atoms with Gasteiger partial charge in [-0.3, -0.25) is 0 Å². The summed E-state index contributed by atoms with van der Waals surface area (Å²) in [4.78, 5) is 4.36. The van der Waals surface area contributed by atoms with Crippen LogP contribution in [0.25, 0.3) is 17.0 Å². The fourth-order valence-corrected chi connectivity index (χ4v) is 2.07. The Labute approximate surface area is 114 Å². The standard InChI is InChI=1S/C12H13N5OS/c1-8(19-2)7-11-13-12(15-18-11)17-10-6-4-3-5-9(10)14-16-17/h3-6,8H,7H2,1-2H3. The molecule has 0 bridgehead atoms. The van der Waals surface area contributed by atoms with E-state index in [-0.39, 0.29) is 0 Å². The average molecular weight is 275 g/mol. The van der Waals surface area contributed by atoms with Crippen LogP contribution in [-0.4, -0.2) is 36.6 Å². The zero-order chi connectivity index (χ0) is 13.2. The molecule has 0 fully saturated rings. The van der Waals surface area contributed by atoms with Crippen LogP contribution in [0, 0.1) is 0 Å². The van der Waals surface area contributed by atoms with E-state index >= 15 is 0 Å². The number of aromatic nitrogens is 5. The molecule has 1 aromatic carbocycles. The first-order chi connectivity index (χ1) is 9.28. The van der Waals surface area contributed by atoms with Gasteiger partial charge in [0.05, 0.1) is 5.52 Å². The molecule has 1 unspecified atom stereocenters. The van der Waals surface area contributed by atoms with Crippen molar-refractivity contribution >= 4 is 22.8 Å². The molecule has 0 spiro atoms. The van der Waals surface area contributed by atoms with Crippen LogP contribution in [0.3, 0.4) is 0 Å². The minimum Gasteiger partial charge on any atom is -0.337 e. The number of para-hydroxylation sites is 1. The molecule has 1 atom stereocenters. The van der Waals surface area contributed by atoms with Gasteiger partial charge >= 0.3 is 0 Å². The van der Waals surface area contributed by atoms with Gasteiger partial charge in [0.25, 0.3) is 5.95 Å². The van der Waals surface area contributed by atoms with Crippen LogP contribution in [0.4, 0.5) is 0 Å². The highest BCUT2D eigenvalue weighted by atomic mass is 32.2. The van der Waals surface area contributed by atoms with Crippen LogP contribution >= 0.6 is 11.8 Å². The quantitative estimate of drug-likeness (QED) is 0.726. The third-order valence-corrected chi connectivity index (χ3v) is 3.83. The molecule has 0 N–H and O–H groups in total. The third kappa shape index (κ3) is 2.33. The maximum atomic E-state index is 5.25. The van der Waals surface area contributed by atoms with Gasteiger partial charge < -0.3 is 4.52 Å². The monoisotopic (exact) mass is 275 g/mol. The van der Waals surface area contributed by atoms with Gasteiger partial charge in [0.2, 0.25) is 5.89 Å². The maximum absolute atomic E-state index is 5.25. The Morgan fingerprint density at radius 2 is 2.21 bits per heavy atom. The van der Waals surface area contributed by atoms with Gasteiger partial charge in [-0.2, -0.15) is 21.4 Å². The van der Waals surface area contributed by atoms with E-state index in [1.165, 1.54) is 0 Å². The number of hydrogen-bond acceptors (Lipinski definition) is 6. The number of nitrogens with zero attached hydrogens (tertiary/aromatic N) is 5. The lowest BCUT2D eigenvalue weighted by Crippen LogP contribution is -2.02. The molecule has 3 aromatic rings. The Morgan fingerprint density at radius 3 is 3.05 bits per heavy atom. The molecular weight excluding hydrogens is 262 g/mol. The SMILES string of the molecule is CSC(C)Cc1nc(-n2nnc3ccccc32)no1. The third-order valence-electron chi connectivity index (χ3n) is 2.86. The first-order valence-corrected chi connectivity index (χ1v) is 7.23. The summed E-state index contributed by atoms with van der Waals surface area (Å²) >= 11 is 1.77. The van der Waals surface area contributed by atoms with E-state index in [2.05, 4.69) is 33.6 Å². The first kappa shape index (κ1) is 12.2. The molecule has 6 nitrogen and oxygen atoms in total. The van der Waals surface area contributed by atoms with Crippen molar-refractivity contribution in [3.63, 3.8) is 0 Å². The molecule has 7 heteroatoms. The molecule has 0 radical (unpaired) electrons. The second kappa shape index (κ2) is 5.00. The van der Waals surface area contributed by atoms with Gasteiger partial charge in [-0.25, -0.2) is 0 Å². The summed E-state index contributed by atoms with van der Waals surface area (Å²) in [6, 6.07) is 7.67. The molecule has 2 aromatic heterocycles. The Bertz CT molecular complexity index is 692. The average Bonchev–Trinajstić information content (AvgIpc) is 3.04. The second-order valence-electron chi connectivity index (χ2n) is 4.23. The Hall–Kier alpha value is -1.89. The molecule has 0 saturated heterocycles. The predicted molar refractivity (Wildman–Crippen MR) is 73.4 cm³/mol. The summed E-state index contributed by atoms with van der Waals surface area (Å²) in [7, 11) is 0. The van der Waals surface area contributed by atoms with Crippen LogP contribution in [0.5, 0.6) is 0 Å². The van der Waals surface area contributed by atoms with Gasteiger partial charge in [-0.05, 0) is 23.5 Å². The van der Waals surface area contributed by atoms with Crippen LogP contribution in [-0.2, 0) is 6.42 Å². The van der Waals surface area contributed by atoms with Crippen LogP contribution < -0.4 is 0 Å². The highest BCUT2D eigenvalue weighted by Crippen LogP contribution is 2.16. The first-order valence-electron chi connectivity index (χ1n) is 5.94. The molecule has 0 aliphatic rings. The largest absolute Gasteiger partial charge is 0.337 e. The lowest BCUT2D eigenvalue weighted by Gasteiger charge is -2.01. The molecule has 19 heavy (non-hydrogen) atoms. The number of benzene rings is 1. The molecule has 3 rings (SSSR count). The van der Waals surface area contributed by atoms with Crippen LogP contribution in [0.1, 0.15) is 12.8 Å². The van der Waals surface area contributed by atoms with Gasteiger partial charge in [-0.1, -0.05) is 24.3 Å². The van der Waals surface area contributed by atoms with Crippen molar-refractivity contribution in [1.82, 2.24) is 25.1 Å². The molecule has 98 valence electrons. The molecule has 0 aliphatic carbocycles. The second-order valence-corrected chi connectivity index (χ2v) is 5.50. The van der Waals surface area contributed by atoms with E-state index in [1.54, 1.807) is 16.4 Å². The number of thioether (sulfide) groups is 1. The summed E-state index contributed by atoms with van der Waals surface area (Å²) in [6.45, 7) is 2.12. The van der Waals surface area contributed by atoms with E-state index in [0.29, 0.717) is 17.1 Å². The smallest absolute Gasteiger partial charge is 0.292 e. The Balaban J connectivity index is 1.94. The van der Waals surface area contributed by atoms with Crippen molar-refractivity contribution in [3.8, 4) is 5.95 Å². The molecule has 0 aliphatic heterocycles. The number of fused-ring (bicyclic) bond motifs is 1. The number of rotatable bonds is 4. The van der Waals surface area contributed by atoms with Crippen molar-refractivity contribution in [1.29, 1.82) is 0 Å². The summed E-state index contributed by atoms with van der Waals surface area (Å²) in [5, 5.41) is 12.5. The van der Waals surface area contributed by atoms with Gasteiger partial charge in [-0.15, -0.1) is 5.10 Å². The lowest BCUT2D eigenvalue weighted by atomic mass is 10.3. The Morgan fingerprint density at radius 1 is 1.37 bits per heavy atom. The van der Waals surface area contributed by atoms with E-state index < -0.39 is 0 Å². The normalized spacial score (nSPS) is 12.9. The zero-order valence-corrected chi connectivity index (χ0v) is 11.5. The molecular formula is C12H13N5OS. The fourth-order valence-electron chi connectivity index (χ4n) is 1.76. The lowest BCUT2D eigenvalue weighted by molar-refractivity contribution is 0.375. The van der Waals surface area contributed by atoms with Gasteiger partial charge in [0.15, 0.2) is 0 Å². The fraction of sp³-hybridized carbons (Fsp3) is 0.333. The van der Waals surface area contributed by atoms with E-state index in [4.69, 9.17) is 4.52 Å². The molecule has 0 amide bonds. The van der Waals surface area contributed by atoms with Gasteiger partial charge in [0, 0.05) is 11.7 Å². The Kier molecular flexibility index (Phi) is 3.20. The molecule has 2 heterocycles. The van der Waals surface area contributed by atoms with Crippen LogP contribution in [0.2, 0.25) is 0 Å². The zero-order valence-electron chi connectivity index (χ0n) is 10.6. The van der Waals surface area contributed by atoms with Crippen molar-refractivity contribution in [3.05, 3.63) is 30.2 Å². The summed E-state index contributed by atoms with van der Waals surface area (Å²) in [6.07, 6.45) is 2.81. The summed E-state index contributed by atoms with van der Waals surface area (Å²) < 4.78 is 6.84. The summed E-state index contributed by atoms with van der Waals surface area (Å²) in [5.41, 5.74) is 1.68. The van der Waals surface area contributed by atoms with Gasteiger partial charge in [0.1, 0.15) is 5.52 Å². The minimum atomic E-state index is 0.428. The van der Waals surface area contributed by atoms with E-state index in [1.807, 2.05) is 24.3 Å². The summed E-state index contributed by atoms with van der Waals surface area (Å²) in [5.74, 6) is 1.05. The van der Waals surface area contributed by atoms with Crippen LogP contribution in [0.15, 0.2) is 28.8 Å². The van der Waals surface area contributed by atoms with E-state index in [9.17, 15) is 0 Å². The highest BCUT2D eigenvalue weighted by molar-refractivity contribution is 7.99. The topological polar surface area (TPSA) is 69.6 Å². The minimum absolute atomic E-state index is 0.428. The highest BCUT2D eigenvalue weighted by Gasteiger charge is 2.14. The van der Waals surface area contributed by atoms with Crippen molar-refractivity contribution in [2.45, 2.75) is 18.6 Å². The van der Waals surface area contributed by atoms with Crippen molar-refractivity contribution in [2.24, 2.45) is 0 Å².